The lowest BCUT2D eigenvalue weighted by molar-refractivity contribution is 0.418. The van der Waals surface area contributed by atoms with Crippen LogP contribution in [0.25, 0.3) is 56.2 Å². The first-order chi connectivity index (χ1) is 24.5. The Hall–Kier alpha value is -5.41. The van der Waals surface area contributed by atoms with Crippen LogP contribution in [-0.4, -0.2) is 15.0 Å². The quantitative estimate of drug-likeness (QED) is 0.190. The molecule has 3 heteroatoms. The predicted octanol–water partition coefficient (Wildman–Crippen LogP) is 11.6. The summed E-state index contributed by atoms with van der Waals surface area (Å²) in [5.74, 6) is 2.56. The highest BCUT2D eigenvalue weighted by Crippen LogP contribution is 2.55. The Morgan fingerprint density at radius 1 is 0.451 bits per heavy atom. The van der Waals surface area contributed by atoms with Crippen LogP contribution in [0.3, 0.4) is 0 Å². The minimum absolute atomic E-state index is 0.0156. The molecule has 248 valence electrons. The molecule has 1 atom stereocenters. The van der Waals surface area contributed by atoms with Crippen molar-refractivity contribution in [2.24, 2.45) is 5.92 Å². The molecule has 0 aliphatic heterocycles. The Bertz CT molecular complexity index is 2420. The van der Waals surface area contributed by atoms with Crippen LogP contribution in [0.4, 0.5) is 0 Å². The van der Waals surface area contributed by atoms with Gasteiger partial charge in [-0.25, -0.2) is 15.0 Å². The molecule has 6 aromatic rings. The van der Waals surface area contributed by atoms with E-state index in [-0.39, 0.29) is 16.2 Å². The van der Waals surface area contributed by atoms with Crippen LogP contribution in [0.1, 0.15) is 87.2 Å². The Balaban J connectivity index is 1.14. The van der Waals surface area contributed by atoms with Gasteiger partial charge in [0.2, 0.25) is 0 Å². The summed E-state index contributed by atoms with van der Waals surface area (Å²) in [7, 11) is 0. The molecule has 51 heavy (non-hydrogen) atoms. The maximum Gasteiger partial charge on any atom is 0.164 e. The number of hydrogen-bond donors (Lipinski definition) is 0. The van der Waals surface area contributed by atoms with E-state index in [0.717, 1.165) is 40.6 Å². The highest BCUT2D eigenvalue weighted by atomic mass is 15.0. The number of nitrogens with zero attached hydrogens (tertiary/aromatic N) is 3. The second-order valence-corrected chi connectivity index (χ2v) is 16.5. The van der Waals surface area contributed by atoms with Gasteiger partial charge in [-0.15, -0.1) is 0 Å². The molecule has 0 spiro atoms. The van der Waals surface area contributed by atoms with Gasteiger partial charge >= 0.3 is 0 Å². The molecule has 0 bridgehead atoms. The largest absolute Gasteiger partial charge is 0.209 e. The van der Waals surface area contributed by atoms with Gasteiger partial charge in [0, 0.05) is 22.0 Å². The maximum atomic E-state index is 5.30. The van der Waals surface area contributed by atoms with Gasteiger partial charge < -0.3 is 0 Å². The zero-order valence-corrected chi connectivity index (χ0v) is 30.2. The number of hydrogen-bond acceptors (Lipinski definition) is 3. The fourth-order valence-electron chi connectivity index (χ4n) is 9.74. The molecule has 3 nitrogen and oxygen atoms in total. The van der Waals surface area contributed by atoms with Crippen molar-refractivity contribution in [3.63, 3.8) is 0 Å². The third-order valence-electron chi connectivity index (χ3n) is 12.7. The topological polar surface area (TPSA) is 38.7 Å². The van der Waals surface area contributed by atoms with E-state index in [9.17, 15) is 0 Å². The third kappa shape index (κ3) is 4.21. The van der Waals surface area contributed by atoms with E-state index in [1.165, 1.54) is 61.2 Å². The van der Waals surface area contributed by atoms with Gasteiger partial charge in [0.1, 0.15) is 0 Å². The lowest BCUT2D eigenvalue weighted by Gasteiger charge is -2.31. The van der Waals surface area contributed by atoms with Gasteiger partial charge in [-0.05, 0) is 96.7 Å². The summed E-state index contributed by atoms with van der Waals surface area (Å²) in [5, 5.41) is 0. The molecule has 10 rings (SSSR count). The van der Waals surface area contributed by atoms with Crippen LogP contribution in [0.5, 0.6) is 0 Å². The summed E-state index contributed by atoms with van der Waals surface area (Å²) in [6.45, 7) is 14.1. The van der Waals surface area contributed by atoms with Gasteiger partial charge in [-0.3, -0.25) is 0 Å². The SMILES string of the molecule is CC1(C)c2ccccc2-c2ccc(-c3nc(C4=CC=C5c6ccccc6C(C)(C)C5C4)nc(-c4ccc5c(c4)C(C)(C)c4ccccc4-5)n3)cc21. The van der Waals surface area contributed by atoms with Crippen LogP contribution < -0.4 is 0 Å². The molecule has 0 radical (unpaired) electrons. The van der Waals surface area contributed by atoms with E-state index in [2.05, 4.69) is 163 Å². The Morgan fingerprint density at radius 2 is 0.902 bits per heavy atom. The van der Waals surface area contributed by atoms with Crippen LogP contribution >= 0.6 is 0 Å². The van der Waals surface area contributed by atoms with Gasteiger partial charge in [0.15, 0.2) is 17.5 Å². The van der Waals surface area contributed by atoms with E-state index in [0.29, 0.717) is 5.92 Å². The van der Waals surface area contributed by atoms with Crippen molar-refractivity contribution in [2.45, 2.75) is 64.2 Å². The third-order valence-corrected chi connectivity index (χ3v) is 12.7. The summed E-state index contributed by atoms with van der Waals surface area (Å²) in [4.78, 5) is 15.9. The summed E-state index contributed by atoms with van der Waals surface area (Å²) in [6.07, 6.45) is 5.47. The molecule has 0 saturated heterocycles. The zero-order chi connectivity index (χ0) is 34.9. The molecule has 1 unspecified atom stereocenters. The van der Waals surface area contributed by atoms with E-state index >= 15 is 0 Å². The first-order valence-corrected chi connectivity index (χ1v) is 18.3. The van der Waals surface area contributed by atoms with Crippen molar-refractivity contribution in [1.82, 2.24) is 15.0 Å². The van der Waals surface area contributed by atoms with Gasteiger partial charge in [-0.2, -0.15) is 0 Å². The predicted molar refractivity (Wildman–Crippen MR) is 209 cm³/mol. The average molecular weight is 660 g/mol. The van der Waals surface area contributed by atoms with Crippen molar-refractivity contribution in [3.8, 4) is 45.0 Å². The fraction of sp³-hybridized carbons (Fsp3) is 0.229. The zero-order valence-electron chi connectivity index (χ0n) is 30.2. The summed E-state index contributed by atoms with van der Waals surface area (Å²) >= 11 is 0. The standard InChI is InChI=1S/C48H41N3/c1-46(2)37-16-10-7-13-31(37)34-22-19-28(25-40(34)46)43-49-44(29-20-23-35-32-14-8-11-17-38(32)47(3,4)41(35)26-29)51-45(50-43)30-21-24-36-33-15-9-12-18-39(33)48(5,6)42(36)27-30/h7-26,42H,27H2,1-6H3. The smallest absolute Gasteiger partial charge is 0.164 e. The second kappa shape index (κ2) is 10.3. The molecule has 5 aromatic carbocycles. The monoisotopic (exact) mass is 659 g/mol. The van der Waals surface area contributed by atoms with E-state index in [4.69, 9.17) is 15.0 Å². The van der Waals surface area contributed by atoms with Crippen molar-refractivity contribution < 1.29 is 0 Å². The molecule has 1 heterocycles. The molecule has 4 aliphatic rings. The second-order valence-electron chi connectivity index (χ2n) is 16.5. The lowest BCUT2D eigenvalue weighted by Crippen LogP contribution is -2.25. The van der Waals surface area contributed by atoms with E-state index < -0.39 is 0 Å². The molecule has 0 N–H and O–H groups in total. The minimum atomic E-state index is -0.114. The molecule has 0 fully saturated rings. The Morgan fingerprint density at radius 3 is 1.45 bits per heavy atom. The normalized spacial score (nSPS) is 19.2. The molecule has 0 amide bonds. The van der Waals surface area contributed by atoms with Crippen LogP contribution in [0, 0.1) is 5.92 Å². The minimum Gasteiger partial charge on any atom is -0.209 e. The Labute approximate surface area is 300 Å². The summed E-state index contributed by atoms with van der Waals surface area (Å²) in [6, 6.07) is 40.1. The van der Waals surface area contributed by atoms with Crippen molar-refractivity contribution in [2.75, 3.05) is 0 Å². The average Bonchev–Trinajstić information content (AvgIpc) is 3.64. The van der Waals surface area contributed by atoms with Crippen LogP contribution in [-0.2, 0) is 16.2 Å². The lowest BCUT2D eigenvalue weighted by atomic mass is 9.73. The number of aromatic nitrogens is 3. The molecule has 4 aliphatic carbocycles. The number of benzene rings is 5. The van der Waals surface area contributed by atoms with Crippen LogP contribution in [0.15, 0.2) is 121 Å². The number of allylic oxidation sites excluding steroid dienone is 4. The first kappa shape index (κ1) is 30.4. The Kier molecular flexibility index (Phi) is 6.16. The summed E-state index contributed by atoms with van der Waals surface area (Å²) < 4.78 is 0. The molecule has 1 aromatic heterocycles. The number of fused-ring (bicyclic) bond motifs is 9. The first-order valence-electron chi connectivity index (χ1n) is 18.3. The van der Waals surface area contributed by atoms with Crippen LogP contribution in [0.2, 0.25) is 0 Å². The van der Waals surface area contributed by atoms with Crippen molar-refractivity contribution in [1.29, 1.82) is 0 Å². The van der Waals surface area contributed by atoms with Gasteiger partial charge in [-0.1, -0.05) is 151 Å². The summed E-state index contributed by atoms with van der Waals surface area (Å²) in [5.41, 5.74) is 17.8. The molecular weight excluding hydrogens is 619 g/mol. The molecular formula is C48H41N3. The van der Waals surface area contributed by atoms with Crippen molar-refractivity contribution >= 4 is 11.1 Å². The number of rotatable bonds is 3. The fourth-order valence-corrected chi connectivity index (χ4v) is 9.74. The molecule has 0 saturated carbocycles. The van der Waals surface area contributed by atoms with E-state index in [1.54, 1.807) is 0 Å². The van der Waals surface area contributed by atoms with Crippen molar-refractivity contribution in [3.05, 3.63) is 161 Å². The van der Waals surface area contributed by atoms with Gasteiger partial charge in [0.25, 0.3) is 0 Å². The highest BCUT2D eigenvalue weighted by Gasteiger charge is 2.44. The maximum absolute atomic E-state index is 5.30. The highest BCUT2D eigenvalue weighted by molar-refractivity contribution is 5.87. The van der Waals surface area contributed by atoms with E-state index in [1.807, 2.05) is 0 Å². The van der Waals surface area contributed by atoms with Gasteiger partial charge in [0.05, 0.1) is 0 Å².